The van der Waals surface area contributed by atoms with E-state index in [0.29, 0.717) is 36.1 Å². The number of rotatable bonds is 4. The molecule has 0 spiro atoms. The Morgan fingerprint density at radius 2 is 1.80 bits per heavy atom. The van der Waals surface area contributed by atoms with Gasteiger partial charge in [-0.15, -0.1) is 0 Å². The van der Waals surface area contributed by atoms with Crippen molar-refractivity contribution >= 4 is 20.9 Å². The molecule has 2 aromatic carbocycles. The van der Waals surface area contributed by atoms with E-state index < -0.39 is 21.7 Å². The molecule has 0 atom stereocenters. The number of halogens is 2. The molecule has 30 heavy (non-hydrogen) atoms. The minimum Gasteiger partial charge on any atom is -0.296 e. The van der Waals surface area contributed by atoms with E-state index in [1.54, 1.807) is 11.5 Å². The molecule has 4 rings (SSSR count). The normalized spacial score (nSPS) is 16.2. The maximum absolute atomic E-state index is 14.0. The molecule has 1 aliphatic rings. The highest BCUT2D eigenvalue weighted by molar-refractivity contribution is 7.89. The third-order valence-electron chi connectivity index (χ3n) is 5.58. The van der Waals surface area contributed by atoms with E-state index in [9.17, 15) is 22.0 Å². The van der Waals surface area contributed by atoms with Gasteiger partial charge in [-0.2, -0.15) is 4.31 Å². The first-order chi connectivity index (χ1) is 14.3. The smallest absolute Gasteiger partial charge is 0.261 e. The van der Waals surface area contributed by atoms with E-state index >= 15 is 0 Å². The third-order valence-corrected chi connectivity index (χ3v) is 7.51. The summed E-state index contributed by atoms with van der Waals surface area (Å²) in [6.07, 6.45) is 1.09. The van der Waals surface area contributed by atoms with Gasteiger partial charge < -0.3 is 0 Å². The van der Waals surface area contributed by atoms with Crippen LogP contribution in [0.1, 0.15) is 18.7 Å². The standard InChI is InChI=1S/C21H21F2N3O3S/c1-14-24-19-12-16(22)6-7-17(19)21(27)26(14)13-15-8-10-25(11-9-15)30(28,29)20-5-3-2-4-18(20)23/h2-7,12,15H,8-11,13H2,1H3. The number of sulfonamides is 1. The van der Waals surface area contributed by atoms with Crippen LogP contribution in [0.5, 0.6) is 0 Å². The maximum atomic E-state index is 14.0. The van der Waals surface area contributed by atoms with Crippen LogP contribution >= 0.6 is 0 Å². The lowest BCUT2D eigenvalue weighted by atomic mass is 9.98. The van der Waals surface area contributed by atoms with Crippen LogP contribution in [-0.2, 0) is 16.6 Å². The number of hydrogen-bond donors (Lipinski definition) is 0. The second-order valence-electron chi connectivity index (χ2n) is 7.51. The highest BCUT2D eigenvalue weighted by Crippen LogP contribution is 2.26. The van der Waals surface area contributed by atoms with Crippen LogP contribution in [0.25, 0.3) is 10.9 Å². The zero-order valence-electron chi connectivity index (χ0n) is 16.4. The Bertz CT molecular complexity index is 1270. The van der Waals surface area contributed by atoms with Crippen LogP contribution in [0.3, 0.4) is 0 Å². The van der Waals surface area contributed by atoms with Crippen LogP contribution in [0.4, 0.5) is 8.78 Å². The van der Waals surface area contributed by atoms with Crippen LogP contribution in [0.2, 0.25) is 0 Å². The Labute approximate surface area is 172 Å². The second-order valence-corrected chi connectivity index (χ2v) is 9.42. The summed E-state index contributed by atoms with van der Waals surface area (Å²) in [6.45, 7) is 2.60. The summed E-state index contributed by atoms with van der Waals surface area (Å²) >= 11 is 0. The third kappa shape index (κ3) is 3.75. The molecule has 6 nitrogen and oxygen atoms in total. The number of benzene rings is 2. The lowest BCUT2D eigenvalue weighted by Crippen LogP contribution is -2.40. The van der Waals surface area contributed by atoms with Gasteiger partial charge in [0.1, 0.15) is 22.4 Å². The van der Waals surface area contributed by atoms with Gasteiger partial charge in [-0.3, -0.25) is 9.36 Å². The van der Waals surface area contributed by atoms with Gasteiger partial charge in [-0.25, -0.2) is 22.2 Å². The number of hydrogen-bond acceptors (Lipinski definition) is 4. The van der Waals surface area contributed by atoms with Crippen molar-refractivity contribution in [2.75, 3.05) is 13.1 Å². The topological polar surface area (TPSA) is 72.3 Å². The molecule has 158 valence electrons. The zero-order valence-corrected chi connectivity index (χ0v) is 17.2. The number of nitrogens with zero attached hydrogens (tertiary/aromatic N) is 3. The van der Waals surface area contributed by atoms with Crippen molar-refractivity contribution in [1.29, 1.82) is 0 Å². The first-order valence-corrected chi connectivity index (χ1v) is 11.1. The highest BCUT2D eigenvalue weighted by Gasteiger charge is 2.31. The molecule has 1 aromatic heterocycles. The first-order valence-electron chi connectivity index (χ1n) is 9.69. The van der Waals surface area contributed by atoms with E-state index in [2.05, 4.69) is 4.98 Å². The van der Waals surface area contributed by atoms with Gasteiger partial charge in [0.2, 0.25) is 10.0 Å². The Hall–Kier alpha value is -2.65. The summed E-state index contributed by atoms with van der Waals surface area (Å²) in [5.41, 5.74) is 0.0819. The molecule has 0 unspecified atom stereocenters. The summed E-state index contributed by atoms with van der Waals surface area (Å²) in [5, 5.41) is 0.349. The molecular weight excluding hydrogens is 412 g/mol. The molecule has 1 aliphatic heterocycles. The van der Waals surface area contributed by atoms with Crippen LogP contribution in [0, 0.1) is 24.5 Å². The van der Waals surface area contributed by atoms with Crippen molar-refractivity contribution in [3.63, 3.8) is 0 Å². The minimum absolute atomic E-state index is 0.0770. The molecular formula is C21H21F2N3O3S. The molecule has 0 saturated carbocycles. The van der Waals surface area contributed by atoms with E-state index in [-0.39, 0.29) is 29.5 Å². The molecule has 0 amide bonds. The van der Waals surface area contributed by atoms with Crippen molar-refractivity contribution in [1.82, 2.24) is 13.9 Å². The minimum atomic E-state index is -3.90. The van der Waals surface area contributed by atoms with Gasteiger partial charge in [0.15, 0.2) is 0 Å². The van der Waals surface area contributed by atoms with Crippen LogP contribution < -0.4 is 5.56 Å². The molecule has 9 heteroatoms. The number of aryl methyl sites for hydroxylation is 1. The quantitative estimate of drug-likeness (QED) is 0.634. The summed E-state index contributed by atoms with van der Waals surface area (Å²) in [7, 11) is -3.90. The Morgan fingerprint density at radius 1 is 1.10 bits per heavy atom. The average Bonchev–Trinajstić information content (AvgIpc) is 2.71. The SMILES string of the molecule is Cc1nc2cc(F)ccc2c(=O)n1CC1CCN(S(=O)(=O)c2ccccc2F)CC1. The Morgan fingerprint density at radius 3 is 2.50 bits per heavy atom. The molecule has 0 radical (unpaired) electrons. The van der Waals surface area contributed by atoms with Crippen molar-refractivity contribution < 1.29 is 17.2 Å². The molecule has 1 saturated heterocycles. The van der Waals surface area contributed by atoms with Gasteiger partial charge in [0, 0.05) is 25.7 Å². The predicted molar refractivity (Wildman–Crippen MR) is 109 cm³/mol. The zero-order chi connectivity index (χ0) is 21.5. The van der Waals surface area contributed by atoms with Crippen LogP contribution in [0.15, 0.2) is 52.2 Å². The van der Waals surface area contributed by atoms with E-state index in [1.165, 1.54) is 40.7 Å². The van der Waals surface area contributed by atoms with Crippen molar-refractivity contribution in [3.05, 3.63) is 70.3 Å². The van der Waals surface area contributed by atoms with E-state index in [1.807, 2.05) is 0 Å². The fourth-order valence-corrected chi connectivity index (χ4v) is 5.44. The van der Waals surface area contributed by atoms with Gasteiger partial charge >= 0.3 is 0 Å². The average molecular weight is 433 g/mol. The molecule has 0 bridgehead atoms. The molecule has 1 fully saturated rings. The lowest BCUT2D eigenvalue weighted by molar-refractivity contribution is 0.249. The van der Waals surface area contributed by atoms with Crippen molar-refractivity contribution in [2.24, 2.45) is 5.92 Å². The van der Waals surface area contributed by atoms with Crippen molar-refractivity contribution in [3.8, 4) is 0 Å². The summed E-state index contributed by atoms with van der Waals surface area (Å²) in [4.78, 5) is 16.9. The van der Waals surface area contributed by atoms with Gasteiger partial charge in [0.05, 0.1) is 10.9 Å². The van der Waals surface area contributed by atoms with E-state index in [0.717, 1.165) is 6.07 Å². The largest absolute Gasteiger partial charge is 0.296 e. The lowest BCUT2D eigenvalue weighted by Gasteiger charge is -2.31. The molecule has 0 aliphatic carbocycles. The van der Waals surface area contributed by atoms with Gasteiger partial charge in [0.25, 0.3) is 5.56 Å². The van der Waals surface area contributed by atoms with E-state index in [4.69, 9.17) is 0 Å². The van der Waals surface area contributed by atoms with Crippen LogP contribution in [-0.4, -0.2) is 35.4 Å². The Kier molecular flexibility index (Phi) is 5.42. The highest BCUT2D eigenvalue weighted by atomic mass is 32.2. The first kappa shape index (κ1) is 20.6. The number of fused-ring (bicyclic) bond motifs is 1. The fourth-order valence-electron chi connectivity index (χ4n) is 3.90. The maximum Gasteiger partial charge on any atom is 0.261 e. The number of piperidine rings is 1. The molecule has 2 heterocycles. The van der Waals surface area contributed by atoms with Gasteiger partial charge in [-0.05, 0) is 49.9 Å². The Balaban J connectivity index is 1.51. The van der Waals surface area contributed by atoms with Crippen molar-refractivity contribution in [2.45, 2.75) is 31.2 Å². The fraction of sp³-hybridized carbons (Fsp3) is 0.333. The predicted octanol–water partition coefficient (Wildman–Crippen LogP) is 3.08. The molecule has 0 N–H and O–H groups in total. The molecule has 3 aromatic rings. The summed E-state index contributed by atoms with van der Waals surface area (Å²) in [6, 6.07) is 9.25. The van der Waals surface area contributed by atoms with Gasteiger partial charge in [-0.1, -0.05) is 12.1 Å². The summed E-state index contributed by atoms with van der Waals surface area (Å²) in [5.74, 6) is -0.650. The monoisotopic (exact) mass is 433 g/mol. The summed E-state index contributed by atoms with van der Waals surface area (Å²) < 4.78 is 55.7. The second kappa shape index (κ2) is 7.88. The number of aromatic nitrogens is 2.